The quantitative estimate of drug-likeness (QED) is 0.849. The number of phenols is 1. The van der Waals surface area contributed by atoms with E-state index in [1.165, 1.54) is 11.3 Å². The third-order valence-electron chi connectivity index (χ3n) is 5.14. The van der Waals surface area contributed by atoms with Crippen molar-refractivity contribution in [3.63, 3.8) is 0 Å². The number of nitrogens with one attached hydrogen (secondary N) is 1. The molecule has 0 bridgehead atoms. The molecule has 2 N–H and O–H groups in total. The normalized spacial score (nSPS) is 20.9. The van der Waals surface area contributed by atoms with E-state index in [4.69, 9.17) is 0 Å². The maximum atomic E-state index is 13.3. The Labute approximate surface area is 163 Å². The average Bonchev–Trinajstić information content (AvgIpc) is 3.36. The molecule has 142 valence electrons. The molecule has 1 unspecified atom stereocenters. The van der Waals surface area contributed by atoms with Crippen molar-refractivity contribution < 1.29 is 9.90 Å². The zero-order valence-electron chi connectivity index (χ0n) is 15.3. The first kappa shape index (κ1) is 18.0. The SMILES string of the molecule is CN1CCC(N(C(=O)c2cccs2)C2C=CN(c3cccc(O)c3)N2)CC1. The molecule has 27 heavy (non-hydrogen) atoms. The summed E-state index contributed by atoms with van der Waals surface area (Å²) in [4.78, 5) is 18.3. The Hall–Kier alpha value is -2.35. The number of hydrogen-bond acceptors (Lipinski definition) is 6. The van der Waals surface area contributed by atoms with Crippen LogP contribution in [0, 0.1) is 0 Å². The van der Waals surface area contributed by atoms with Gasteiger partial charge >= 0.3 is 0 Å². The van der Waals surface area contributed by atoms with E-state index in [0.29, 0.717) is 0 Å². The fraction of sp³-hybridized carbons (Fsp3) is 0.350. The fourth-order valence-electron chi connectivity index (χ4n) is 3.67. The molecule has 1 atom stereocenters. The number of carbonyl (C=O) groups is 1. The molecule has 2 aliphatic heterocycles. The second-order valence-electron chi connectivity index (χ2n) is 7.03. The van der Waals surface area contributed by atoms with Crippen molar-refractivity contribution in [2.75, 3.05) is 25.1 Å². The van der Waals surface area contributed by atoms with E-state index in [1.54, 1.807) is 18.2 Å². The lowest BCUT2D eigenvalue weighted by Crippen LogP contribution is -2.56. The van der Waals surface area contributed by atoms with Gasteiger partial charge in [-0.25, -0.2) is 5.43 Å². The van der Waals surface area contributed by atoms with Crippen molar-refractivity contribution in [1.29, 1.82) is 0 Å². The highest BCUT2D eigenvalue weighted by molar-refractivity contribution is 7.12. The van der Waals surface area contributed by atoms with Crippen molar-refractivity contribution in [3.8, 4) is 5.75 Å². The minimum absolute atomic E-state index is 0.0689. The number of rotatable bonds is 4. The Kier molecular flexibility index (Phi) is 5.15. The number of phenolic OH excluding ortho intramolecular Hbond substituents is 1. The molecule has 2 aliphatic rings. The first-order valence-electron chi connectivity index (χ1n) is 9.19. The van der Waals surface area contributed by atoms with Gasteiger partial charge in [0.15, 0.2) is 0 Å². The van der Waals surface area contributed by atoms with Gasteiger partial charge in [-0.15, -0.1) is 11.3 Å². The lowest BCUT2D eigenvalue weighted by molar-refractivity contribution is 0.0492. The van der Waals surface area contributed by atoms with Crippen LogP contribution < -0.4 is 10.4 Å². The summed E-state index contributed by atoms with van der Waals surface area (Å²) in [6.07, 6.45) is 5.64. The van der Waals surface area contributed by atoms with E-state index in [-0.39, 0.29) is 23.9 Å². The first-order valence-corrected chi connectivity index (χ1v) is 10.1. The number of likely N-dealkylation sites (tertiary alicyclic amines) is 1. The lowest BCUT2D eigenvalue weighted by Gasteiger charge is -2.40. The molecular formula is C20H24N4O2S. The van der Waals surface area contributed by atoms with Gasteiger partial charge < -0.3 is 14.9 Å². The molecule has 0 saturated carbocycles. The molecule has 1 aromatic carbocycles. The maximum absolute atomic E-state index is 13.3. The van der Waals surface area contributed by atoms with Crippen molar-refractivity contribution in [2.24, 2.45) is 0 Å². The molecule has 3 heterocycles. The number of carbonyl (C=O) groups excluding carboxylic acids is 1. The number of aromatic hydroxyl groups is 1. The van der Waals surface area contributed by atoms with Crippen LogP contribution in [0.4, 0.5) is 5.69 Å². The van der Waals surface area contributed by atoms with Gasteiger partial charge in [0.05, 0.1) is 10.6 Å². The van der Waals surface area contributed by atoms with Crippen LogP contribution in [0.2, 0.25) is 0 Å². The number of anilines is 1. The minimum atomic E-state index is -0.213. The molecular weight excluding hydrogens is 360 g/mol. The Bertz CT molecular complexity index is 815. The van der Waals surface area contributed by atoms with Gasteiger partial charge in [-0.3, -0.25) is 9.80 Å². The Morgan fingerprint density at radius 1 is 1.26 bits per heavy atom. The van der Waals surface area contributed by atoms with Gasteiger partial charge in [0.2, 0.25) is 0 Å². The maximum Gasteiger partial charge on any atom is 0.265 e. The standard InChI is InChI=1S/C20H24N4O2S/c1-22-10-7-15(8-11-22)24(20(26)18-6-3-13-27-18)19-9-12-23(21-19)16-4-2-5-17(25)14-16/h2-6,9,12-15,19,21,25H,7-8,10-11H2,1H3. The summed E-state index contributed by atoms with van der Waals surface area (Å²) < 4.78 is 0. The summed E-state index contributed by atoms with van der Waals surface area (Å²) in [6, 6.07) is 11.1. The van der Waals surface area contributed by atoms with E-state index in [0.717, 1.165) is 36.5 Å². The molecule has 6 nitrogen and oxygen atoms in total. The summed E-state index contributed by atoms with van der Waals surface area (Å²) in [6.45, 7) is 1.98. The number of nitrogens with zero attached hydrogens (tertiary/aromatic N) is 3. The number of benzene rings is 1. The van der Waals surface area contributed by atoms with Gasteiger partial charge in [0.1, 0.15) is 11.9 Å². The Balaban J connectivity index is 1.56. The third kappa shape index (κ3) is 3.85. The molecule has 1 saturated heterocycles. The van der Waals surface area contributed by atoms with Crippen molar-refractivity contribution >= 4 is 22.9 Å². The van der Waals surface area contributed by atoms with Gasteiger partial charge in [-0.05, 0) is 62.6 Å². The van der Waals surface area contributed by atoms with Gasteiger partial charge in [0.25, 0.3) is 5.91 Å². The molecule has 1 amide bonds. The number of hydrazine groups is 1. The van der Waals surface area contributed by atoms with Crippen LogP contribution in [-0.4, -0.2) is 53.2 Å². The predicted molar refractivity (Wildman–Crippen MR) is 108 cm³/mol. The van der Waals surface area contributed by atoms with Gasteiger partial charge in [-0.2, -0.15) is 0 Å². The highest BCUT2D eigenvalue weighted by Crippen LogP contribution is 2.27. The predicted octanol–water partition coefficient (Wildman–Crippen LogP) is 2.85. The highest BCUT2D eigenvalue weighted by Gasteiger charge is 2.35. The summed E-state index contributed by atoms with van der Waals surface area (Å²) in [5.74, 6) is 0.285. The zero-order chi connectivity index (χ0) is 18.8. The van der Waals surface area contributed by atoms with Crippen LogP contribution in [-0.2, 0) is 0 Å². The molecule has 7 heteroatoms. The lowest BCUT2D eigenvalue weighted by atomic mass is 10.0. The topological polar surface area (TPSA) is 59.0 Å². The second-order valence-corrected chi connectivity index (χ2v) is 7.98. The third-order valence-corrected chi connectivity index (χ3v) is 6.00. The number of amides is 1. The first-order chi connectivity index (χ1) is 13.1. The molecule has 0 radical (unpaired) electrons. The van der Waals surface area contributed by atoms with Crippen molar-refractivity contribution in [2.45, 2.75) is 25.0 Å². The van der Waals surface area contributed by atoms with Crippen LogP contribution >= 0.6 is 11.3 Å². The average molecular weight is 385 g/mol. The molecule has 2 aromatic rings. The second kappa shape index (κ2) is 7.72. The van der Waals surface area contributed by atoms with E-state index in [1.807, 2.05) is 45.8 Å². The summed E-state index contributed by atoms with van der Waals surface area (Å²) >= 11 is 1.48. The number of hydrogen-bond donors (Lipinski definition) is 2. The monoisotopic (exact) mass is 384 g/mol. The highest BCUT2D eigenvalue weighted by atomic mass is 32.1. The molecule has 1 aromatic heterocycles. The summed E-state index contributed by atoms with van der Waals surface area (Å²) in [5.41, 5.74) is 4.23. The van der Waals surface area contributed by atoms with E-state index in [9.17, 15) is 9.90 Å². The molecule has 4 rings (SSSR count). The fourth-order valence-corrected chi connectivity index (χ4v) is 4.34. The Morgan fingerprint density at radius 3 is 2.78 bits per heavy atom. The zero-order valence-corrected chi connectivity index (χ0v) is 16.1. The largest absolute Gasteiger partial charge is 0.508 e. The van der Waals surface area contributed by atoms with Crippen LogP contribution in [0.15, 0.2) is 54.1 Å². The minimum Gasteiger partial charge on any atom is -0.508 e. The van der Waals surface area contributed by atoms with Crippen LogP contribution in [0.3, 0.4) is 0 Å². The van der Waals surface area contributed by atoms with Crippen LogP contribution in [0.25, 0.3) is 0 Å². The summed E-state index contributed by atoms with van der Waals surface area (Å²) in [7, 11) is 2.12. The number of thiophene rings is 1. The van der Waals surface area contributed by atoms with E-state index in [2.05, 4.69) is 17.4 Å². The Morgan fingerprint density at radius 2 is 2.07 bits per heavy atom. The number of piperidine rings is 1. The van der Waals surface area contributed by atoms with Crippen LogP contribution in [0.5, 0.6) is 5.75 Å². The van der Waals surface area contributed by atoms with E-state index < -0.39 is 0 Å². The van der Waals surface area contributed by atoms with Gasteiger partial charge in [-0.1, -0.05) is 12.1 Å². The summed E-state index contributed by atoms with van der Waals surface area (Å²) in [5, 5.41) is 13.5. The van der Waals surface area contributed by atoms with Gasteiger partial charge in [0, 0.05) is 18.3 Å². The van der Waals surface area contributed by atoms with E-state index >= 15 is 0 Å². The molecule has 0 aliphatic carbocycles. The molecule has 0 spiro atoms. The van der Waals surface area contributed by atoms with Crippen molar-refractivity contribution in [3.05, 3.63) is 58.9 Å². The van der Waals surface area contributed by atoms with Crippen LogP contribution in [0.1, 0.15) is 22.5 Å². The molecule has 1 fully saturated rings. The van der Waals surface area contributed by atoms with Crippen molar-refractivity contribution in [1.82, 2.24) is 15.2 Å². The smallest absolute Gasteiger partial charge is 0.265 e.